The number of H-pyrrole nitrogens is 1. The van der Waals surface area contributed by atoms with E-state index < -0.39 is 5.60 Å². The van der Waals surface area contributed by atoms with E-state index in [2.05, 4.69) is 30.2 Å². The van der Waals surface area contributed by atoms with Gasteiger partial charge in [0.2, 0.25) is 0 Å². The van der Waals surface area contributed by atoms with Crippen LogP contribution < -0.4 is 10.2 Å². The highest BCUT2D eigenvalue weighted by atomic mass is 32.1. The molecule has 0 atom stereocenters. The number of piperazine rings is 1. The number of pyridine rings is 1. The normalized spacial score (nSPS) is 13.1. The first kappa shape index (κ1) is 38.7. The van der Waals surface area contributed by atoms with Gasteiger partial charge in [-0.05, 0) is 72.2 Å². The van der Waals surface area contributed by atoms with E-state index in [1.807, 2.05) is 72.7 Å². The van der Waals surface area contributed by atoms with Crippen LogP contribution in [-0.2, 0) is 9.47 Å². The highest BCUT2D eigenvalue weighted by molar-refractivity contribution is 7.13. The number of rotatable bonds is 6. The van der Waals surface area contributed by atoms with E-state index in [1.54, 1.807) is 40.7 Å². The number of carbonyl (C=O) groups excluding carboxylic acids is 3. The van der Waals surface area contributed by atoms with Crippen LogP contribution in [0.15, 0.2) is 48.1 Å². The number of ether oxygens (including phenoxy) is 2. The van der Waals surface area contributed by atoms with Crippen molar-refractivity contribution >= 4 is 51.4 Å². The van der Waals surface area contributed by atoms with Gasteiger partial charge in [0.1, 0.15) is 28.4 Å². The Hall–Kier alpha value is -4.72. The molecule has 5 rings (SSSR count). The lowest BCUT2D eigenvalue weighted by molar-refractivity contribution is 0.0238. The minimum Gasteiger partial charge on any atom is -0.444 e. The molecule has 0 saturated carbocycles. The monoisotopic (exact) mass is 694 g/mol. The van der Waals surface area contributed by atoms with E-state index in [9.17, 15) is 14.4 Å². The summed E-state index contributed by atoms with van der Waals surface area (Å²) in [5, 5.41) is 5.16. The number of aromatic nitrogens is 4. The van der Waals surface area contributed by atoms with Crippen molar-refractivity contribution in [2.75, 3.05) is 50.0 Å². The van der Waals surface area contributed by atoms with Gasteiger partial charge in [-0.25, -0.2) is 24.5 Å². The fraction of sp³-hybridized carbons (Fsp3) is 0.486. The summed E-state index contributed by atoms with van der Waals surface area (Å²) in [5.74, 6) is 1.21. The smallest absolute Gasteiger partial charge is 0.410 e. The standard InChI is InChI=1S/C25H27N7O3S.C9H19NO2.CH4/c1-25(2,3)35-24(34)32-12-10-31(11-13-32)19-8-7-16(15-27-19)21-28-18-6-4-5-17(20(18)29-21)22(33)30-23-26-9-14-36-23;1-6-7-10(5)8(11)12-9(2,3)4;/h4-9,14-15H,10-13H2,1-3H3,(H,28,29)(H,26,30,33);6-7H2,1-5H3;1H4. The third kappa shape index (κ3) is 11.2. The summed E-state index contributed by atoms with van der Waals surface area (Å²) in [6.45, 7) is 16.5. The fourth-order valence-electron chi connectivity index (χ4n) is 4.73. The first-order valence-electron chi connectivity index (χ1n) is 16.0. The van der Waals surface area contributed by atoms with E-state index in [1.165, 1.54) is 11.3 Å². The SMILES string of the molecule is C.CC(C)(C)OC(=O)N1CCN(c2ccc(-c3nc4c(C(=O)Nc5nccs5)cccc4[nH]3)cn2)CC1.CCCN(C)C(=O)OC(C)(C)C. The Morgan fingerprint density at radius 3 is 2.24 bits per heavy atom. The van der Waals surface area contributed by atoms with Crippen LogP contribution in [0.4, 0.5) is 20.5 Å². The average Bonchev–Trinajstić information content (AvgIpc) is 3.70. The Labute approximate surface area is 293 Å². The molecule has 2 N–H and O–H groups in total. The number of aromatic amines is 1. The van der Waals surface area contributed by atoms with E-state index in [0.29, 0.717) is 48.2 Å². The number of hydrogen-bond acceptors (Lipinski definition) is 10. The molecular weight excluding hydrogens is 645 g/mol. The van der Waals surface area contributed by atoms with E-state index >= 15 is 0 Å². The molecule has 13 nitrogen and oxygen atoms in total. The van der Waals surface area contributed by atoms with Crippen molar-refractivity contribution in [3.63, 3.8) is 0 Å². The van der Waals surface area contributed by atoms with Crippen molar-refractivity contribution in [3.05, 3.63) is 53.7 Å². The van der Waals surface area contributed by atoms with Gasteiger partial charge in [-0.2, -0.15) is 0 Å². The molecular formula is C35H50N8O5S. The lowest BCUT2D eigenvalue weighted by Gasteiger charge is -2.36. The van der Waals surface area contributed by atoms with Gasteiger partial charge in [-0.3, -0.25) is 10.1 Å². The van der Waals surface area contributed by atoms with Crippen LogP contribution in [0.25, 0.3) is 22.4 Å². The Kier molecular flexibility index (Phi) is 13.1. The summed E-state index contributed by atoms with van der Waals surface area (Å²) in [6, 6.07) is 9.35. The maximum atomic E-state index is 12.8. The molecule has 14 heteroatoms. The molecule has 0 aliphatic carbocycles. The Morgan fingerprint density at radius 2 is 1.67 bits per heavy atom. The topological polar surface area (TPSA) is 146 Å². The van der Waals surface area contributed by atoms with Crippen molar-refractivity contribution in [1.82, 2.24) is 29.7 Å². The number of imidazole rings is 1. The summed E-state index contributed by atoms with van der Waals surface area (Å²) in [6.07, 6.45) is 3.84. The van der Waals surface area contributed by atoms with Crippen molar-refractivity contribution in [3.8, 4) is 11.4 Å². The zero-order chi connectivity index (χ0) is 35.1. The molecule has 266 valence electrons. The number of amides is 3. The van der Waals surface area contributed by atoms with Gasteiger partial charge in [0, 0.05) is 63.1 Å². The van der Waals surface area contributed by atoms with Crippen molar-refractivity contribution in [1.29, 1.82) is 0 Å². The van der Waals surface area contributed by atoms with Gasteiger partial charge in [0.25, 0.3) is 5.91 Å². The third-order valence-corrected chi connectivity index (χ3v) is 7.64. The molecule has 4 aromatic rings. The highest BCUT2D eigenvalue weighted by Crippen LogP contribution is 2.25. The molecule has 1 aliphatic heterocycles. The largest absolute Gasteiger partial charge is 0.444 e. The predicted octanol–water partition coefficient (Wildman–Crippen LogP) is 7.29. The van der Waals surface area contributed by atoms with Gasteiger partial charge in [-0.1, -0.05) is 20.4 Å². The molecule has 1 aromatic carbocycles. The number of fused-ring (bicyclic) bond motifs is 1. The molecule has 4 heterocycles. The summed E-state index contributed by atoms with van der Waals surface area (Å²) in [7, 11) is 1.75. The van der Waals surface area contributed by atoms with Gasteiger partial charge in [0.15, 0.2) is 5.13 Å². The van der Waals surface area contributed by atoms with Gasteiger partial charge >= 0.3 is 12.2 Å². The van der Waals surface area contributed by atoms with E-state index in [0.717, 1.165) is 29.9 Å². The maximum absolute atomic E-state index is 12.8. The van der Waals surface area contributed by atoms with Crippen LogP contribution in [0.2, 0.25) is 0 Å². The summed E-state index contributed by atoms with van der Waals surface area (Å²) >= 11 is 1.36. The Bertz CT molecular complexity index is 1670. The zero-order valence-electron chi connectivity index (χ0n) is 29.0. The predicted molar refractivity (Wildman–Crippen MR) is 195 cm³/mol. The maximum Gasteiger partial charge on any atom is 0.410 e. The fourth-order valence-corrected chi connectivity index (χ4v) is 5.25. The minimum atomic E-state index is -0.506. The zero-order valence-corrected chi connectivity index (χ0v) is 29.8. The van der Waals surface area contributed by atoms with Crippen molar-refractivity contribution < 1.29 is 23.9 Å². The lowest BCUT2D eigenvalue weighted by atomic mass is 10.2. The number of nitrogens with one attached hydrogen (secondary N) is 2. The van der Waals surface area contributed by atoms with Crippen molar-refractivity contribution in [2.24, 2.45) is 0 Å². The van der Waals surface area contributed by atoms with E-state index in [4.69, 9.17) is 9.47 Å². The lowest BCUT2D eigenvalue weighted by Crippen LogP contribution is -2.50. The molecule has 0 spiro atoms. The molecule has 1 saturated heterocycles. The molecule has 0 radical (unpaired) electrons. The third-order valence-electron chi connectivity index (χ3n) is 6.95. The Balaban J connectivity index is 0.000000430. The summed E-state index contributed by atoms with van der Waals surface area (Å²) < 4.78 is 10.6. The summed E-state index contributed by atoms with van der Waals surface area (Å²) in [5.41, 5.74) is 1.74. The molecule has 3 amide bonds. The van der Waals surface area contributed by atoms with Gasteiger partial charge in [0.05, 0.1) is 11.1 Å². The molecule has 49 heavy (non-hydrogen) atoms. The van der Waals surface area contributed by atoms with Crippen LogP contribution >= 0.6 is 11.3 Å². The summed E-state index contributed by atoms with van der Waals surface area (Å²) in [4.78, 5) is 58.5. The van der Waals surface area contributed by atoms with Crippen LogP contribution in [0.1, 0.15) is 72.7 Å². The van der Waals surface area contributed by atoms with Crippen molar-refractivity contribution in [2.45, 2.75) is 73.5 Å². The number of para-hydroxylation sites is 1. The highest BCUT2D eigenvalue weighted by Gasteiger charge is 2.26. The van der Waals surface area contributed by atoms with Gasteiger partial charge in [-0.15, -0.1) is 11.3 Å². The number of carbonyl (C=O) groups is 3. The first-order chi connectivity index (χ1) is 22.6. The minimum absolute atomic E-state index is 0. The molecule has 0 bridgehead atoms. The molecule has 3 aromatic heterocycles. The second-order valence-corrected chi connectivity index (χ2v) is 14.2. The number of hydrogen-bond donors (Lipinski definition) is 2. The van der Waals surface area contributed by atoms with Crippen LogP contribution in [0, 0.1) is 0 Å². The Morgan fingerprint density at radius 1 is 0.980 bits per heavy atom. The van der Waals surface area contributed by atoms with E-state index in [-0.39, 0.29) is 31.1 Å². The van der Waals surface area contributed by atoms with Crippen LogP contribution in [0.5, 0.6) is 0 Å². The molecule has 1 aliphatic rings. The van der Waals surface area contributed by atoms with Gasteiger partial charge < -0.3 is 29.2 Å². The van der Waals surface area contributed by atoms with Crippen LogP contribution in [-0.4, -0.2) is 98.8 Å². The molecule has 0 unspecified atom stereocenters. The number of thiazole rings is 1. The first-order valence-corrected chi connectivity index (χ1v) is 16.8. The quantitative estimate of drug-likeness (QED) is 0.212. The average molecular weight is 695 g/mol. The molecule has 1 fully saturated rings. The second-order valence-electron chi connectivity index (χ2n) is 13.3. The van der Waals surface area contributed by atoms with Crippen LogP contribution in [0.3, 0.4) is 0 Å². The number of anilines is 2. The second kappa shape index (κ2) is 16.6. The number of nitrogens with zero attached hydrogens (tertiary/aromatic N) is 6. The number of benzene rings is 1.